The molecule has 1 aliphatic carbocycles. The van der Waals surface area contributed by atoms with Gasteiger partial charge in [-0.2, -0.15) is 5.10 Å². The number of aromatic hydroxyl groups is 1. The van der Waals surface area contributed by atoms with Crippen molar-refractivity contribution in [3.05, 3.63) is 83.7 Å². The van der Waals surface area contributed by atoms with Crippen LogP contribution >= 0.6 is 0 Å². The first-order valence-electron chi connectivity index (χ1n) is 10.7. The third-order valence-electron chi connectivity index (χ3n) is 5.86. The van der Waals surface area contributed by atoms with Gasteiger partial charge in [-0.15, -0.1) is 0 Å². The first-order valence-corrected chi connectivity index (χ1v) is 10.7. The van der Waals surface area contributed by atoms with E-state index in [2.05, 4.69) is 5.10 Å². The molecule has 3 heterocycles. The fourth-order valence-corrected chi connectivity index (χ4v) is 4.40. The van der Waals surface area contributed by atoms with Crippen molar-refractivity contribution >= 4 is 23.7 Å². The number of allylic oxidation sites excluding steroid dienone is 1. The first-order chi connectivity index (χ1) is 16.1. The van der Waals surface area contributed by atoms with Crippen LogP contribution < -0.4 is 0 Å². The largest absolute Gasteiger partial charge is 0.508 e. The van der Waals surface area contributed by atoms with E-state index in [1.807, 2.05) is 24.3 Å². The molecule has 1 amide bonds. The van der Waals surface area contributed by atoms with Gasteiger partial charge in [0.2, 0.25) is 0 Å². The Labute approximate surface area is 189 Å². The summed E-state index contributed by atoms with van der Waals surface area (Å²) in [6.07, 6.45) is 7.77. The molecule has 1 aromatic carbocycles. The maximum Gasteiger partial charge on any atom is 0.338 e. The Hall–Kier alpha value is -4.07. The molecule has 5 rings (SSSR count). The van der Waals surface area contributed by atoms with Gasteiger partial charge in [-0.25, -0.2) is 9.80 Å². The number of carbonyl (C=O) groups excluding carboxylic acids is 2. The second-order valence-corrected chi connectivity index (χ2v) is 7.99. The van der Waals surface area contributed by atoms with Crippen molar-refractivity contribution in [2.24, 2.45) is 11.0 Å². The minimum atomic E-state index is -0.698. The van der Waals surface area contributed by atoms with E-state index < -0.39 is 24.5 Å². The zero-order valence-corrected chi connectivity index (χ0v) is 17.7. The van der Waals surface area contributed by atoms with Gasteiger partial charge in [0, 0.05) is 5.92 Å². The van der Waals surface area contributed by atoms with E-state index in [1.54, 1.807) is 18.6 Å². The van der Waals surface area contributed by atoms with Gasteiger partial charge in [0.1, 0.15) is 23.3 Å². The number of hydrogen-bond donors (Lipinski definition) is 1. The average molecular weight is 446 g/mol. The molecule has 0 bridgehead atoms. The van der Waals surface area contributed by atoms with E-state index in [9.17, 15) is 14.7 Å². The molecular weight excluding hydrogens is 424 g/mol. The smallest absolute Gasteiger partial charge is 0.338 e. The number of phenols is 1. The minimum Gasteiger partial charge on any atom is -0.508 e. The number of phenolic OH excluding ortho intramolecular Hbond substituents is 1. The molecule has 2 aromatic heterocycles. The van der Waals surface area contributed by atoms with Crippen LogP contribution in [0.3, 0.4) is 0 Å². The number of fused-ring (bicyclic) bond motifs is 1. The van der Waals surface area contributed by atoms with Crippen LogP contribution in [0.1, 0.15) is 47.2 Å². The Kier molecular flexibility index (Phi) is 5.56. The van der Waals surface area contributed by atoms with Crippen molar-refractivity contribution in [1.29, 1.82) is 0 Å². The zero-order valence-electron chi connectivity index (χ0n) is 17.7. The lowest BCUT2D eigenvalue weighted by Crippen LogP contribution is -2.34. The Morgan fingerprint density at radius 3 is 2.76 bits per heavy atom. The van der Waals surface area contributed by atoms with Crippen molar-refractivity contribution in [1.82, 2.24) is 5.01 Å². The second kappa shape index (κ2) is 8.82. The lowest BCUT2D eigenvalue weighted by molar-refractivity contribution is -0.137. The molecule has 0 spiro atoms. The van der Waals surface area contributed by atoms with Crippen LogP contribution in [0, 0.1) is 5.92 Å². The van der Waals surface area contributed by atoms with Crippen LogP contribution in [0.25, 0.3) is 6.08 Å². The Morgan fingerprint density at radius 1 is 1.15 bits per heavy atom. The molecule has 0 saturated heterocycles. The second-order valence-electron chi connectivity index (χ2n) is 7.99. The standard InChI is InChI=1S/C25H22N2O6/c28-18-7-1-6-17(13-18)25(30)33-15-22(29)27-24(21-10-4-12-32-21)20-9-2-5-16(23(20)26-27)14-19-8-3-11-31-19/h1,3-4,6-8,10-14,20,24,28H,2,5,9,15H2. The summed E-state index contributed by atoms with van der Waals surface area (Å²) < 4.78 is 16.3. The molecule has 8 nitrogen and oxygen atoms in total. The summed E-state index contributed by atoms with van der Waals surface area (Å²) in [6.45, 7) is -0.480. The fourth-order valence-electron chi connectivity index (χ4n) is 4.40. The normalized spacial score (nSPS) is 21.0. The highest BCUT2D eigenvalue weighted by molar-refractivity contribution is 6.08. The Balaban J connectivity index is 1.39. The summed E-state index contributed by atoms with van der Waals surface area (Å²) in [5, 5.41) is 15.6. The van der Waals surface area contributed by atoms with E-state index in [4.69, 9.17) is 13.6 Å². The fraction of sp³-hybridized carbons (Fsp3) is 0.240. The predicted molar refractivity (Wildman–Crippen MR) is 118 cm³/mol. The Bertz CT molecular complexity index is 1210. The summed E-state index contributed by atoms with van der Waals surface area (Å²) in [7, 11) is 0. The highest BCUT2D eigenvalue weighted by Gasteiger charge is 2.45. The third-order valence-corrected chi connectivity index (χ3v) is 5.86. The van der Waals surface area contributed by atoms with Crippen LogP contribution in [0.5, 0.6) is 5.75 Å². The molecule has 168 valence electrons. The molecule has 0 radical (unpaired) electrons. The molecule has 2 aliphatic rings. The van der Waals surface area contributed by atoms with Gasteiger partial charge in [-0.05, 0) is 73.4 Å². The third kappa shape index (κ3) is 4.19. The van der Waals surface area contributed by atoms with Gasteiger partial charge in [0.25, 0.3) is 5.91 Å². The number of nitrogens with zero attached hydrogens (tertiary/aromatic N) is 2. The molecule has 1 saturated carbocycles. The van der Waals surface area contributed by atoms with Crippen LogP contribution in [-0.4, -0.2) is 34.3 Å². The van der Waals surface area contributed by atoms with Gasteiger partial charge in [0.05, 0.1) is 23.8 Å². The average Bonchev–Trinajstić information content (AvgIpc) is 3.58. The molecule has 1 N–H and O–H groups in total. The first kappa shape index (κ1) is 20.8. The lowest BCUT2D eigenvalue weighted by atomic mass is 9.79. The highest BCUT2D eigenvalue weighted by atomic mass is 16.5. The summed E-state index contributed by atoms with van der Waals surface area (Å²) in [5.41, 5.74) is 2.01. The summed E-state index contributed by atoms with van der Waals surface area (Å²) in [4.78, 5) is 25.5. The van der Waals surface area contributed by atoms with E-state index in [1.165, 1.54) is 29.3 Å². The number of rotatable bonds is 5. The Morgan fingerprint density at radius 2 is 2.00 bits per heavy atom. The quantitative estimate of drug-likeness (QED) is 0.576. The number of benzene rings is 1. The van der Waals surface area contributed by atoms with Crippen molar-refractivity contribution < 1.29 is 28.3 Å². The summed E-state index contributed by atoms with van der Waals surface area (Å²) >= 11 is 0. The molecule has 1 aliphatic heterocycles. The number of hydrogen-bond acceptors (Lipinski definition) is 7. The maximum absolute atomic E-state index is 13.1. The van der Waals surface area contributed by atoms with Crippen molar-refractivity contribution in [3.8, 4) is 5.75 Å². The number of carbonyl (C=O) groups is 2. The van der Waals surface area contributed by atoms with E-state index >= 15 is 0 Å². The van der Waals surface area contributed by atoms with Crippen LogP contribution in [0.15, 0.2) is 80.6 Å². The summed E-state index contributed by atoms with van der Waals surface area (Å²) in [6, 6.07) is 12.7. The van der Waals surface area contributed by atoms with E-state index in [0.29, 0.717) is 5.76 Å². The summed E-state index contributed by atoms with van der Waals surface area (Å²) in [5.74, 6) is 0.121. The minimum absolute atomic E-state index is 0.0307. The van der Waals surface area contributed by atoms with Crippen LogP contribution in [0.4, 0.5) is 0 Å². The lowest BCUT2D eigenvalue weighted by Gasteiger charge is -2.27. The monoisotopic (exact) mass is 446 g/mol. The van der Waals surface area contributed by atoms with Crippen LogP contribution in [-0.2, 0) is 9.53 Å². The number of hydrazone groups is 1. The van der Waals surface area contributed by atoms with Crippen LogP contribution in [0.2, 0.25) is 0 Å². The van der Waals surface area contributed by atoms with Gasteiger partial charge in [0.15, 0.2) is 6.61 Å². The van der Waals surface area contributed by atoms with Gasteiger partial charge < -0.3 is 18.7 Å². The predicted octanol–water partition coefficient (Wildman–Crippen LogP) is 4.56. The van der Waals surface area contributed by atoms with E-state index in [-0.39, 0.29) is 17.2 Å². The van der Waals surface area contributed by atoms with Crippen molar-refractivity contribution in [2.75, 3.05) is 6.61 Å². The number of furan rings is 2. The van der Waals surface area contributed by atoms with Crippen molar-refractivity contribution in [2.45, 2.75) is 25.3 Å². The van der Waals surface area contributed by atoms with Crippen molar-refractivity contribution in [3.63, 3.8) is 0 Å². The molecular formula is C25H22N2O6. The number of ether oxygens (including phenoxy) is 1. The molecule has 8 heteroatoms. The molecule has 2 atom stereocenters. The zero-order chi connectivity index (χ0) is 22.8. The molecule has 1 fully saturated rings. The van der Waals surface area contributed by atoms with Gasteiger partial charge in [-0.3, -0.25) is 4.79 Å². The van der Waals surface area contributed by atoms with E-state index in [0.717, 1.165) is 36.3 Å². The maximum atomic E-state index is 13.1. The van der Waals surface area contributed by atoms with Gasteiger partial charge in [-0.1, -0.05) is 6.07 Å². The molecule has 2 unspecified atom stereocenters. The van der Waals surface area contributed by atoms with Gasteiger partial charge >= 0.3 is 5.97 Å². The molecule has 3 aromatic rings. The SMILES string of the molecule is O=C(OCC(=O)N1N=C2C(=Cc3ccco3)CCCC2C1c1ccco1)c1cccc(O)c1. The molecule has 33 heavy (non-hydrogen) atoms. The topological polar surface area (TPSA) is 105 Å². The number of amides is 1. The number of esters is 1. The highest BCUT2D eigenvalue weighted by Crippen LogP contribution is 2.44.